The van der Waals surface area contributed by atoms with Crippen LogP contribution in [-0.4, -0.2) is 51.5 Å². The minimum absolute atomic E-state index is 0.178. The Hall–Kier alpha value is -0.900. The highest BCUT2D eigenvalue weighted by Crippen LogP contribution is 2.67. The van der Waals surface area contributed by atoms with Crippen molar-refractivity contribution in [3.05, 3.63) is 36.0 Å². The van der Waals surface area contributed by atoms with E-state index in [-0.39, 0.29) is 6.10 Å². The van der Waals surface area contributed by atoms with E-state index in [0.29, 0.717) is 10.8 Å². The molecule has 0 N–H and O–H groups in total. The number of hydrogen-bond acceptors (Lipinski definition) is 3. The van der Waals surface area contributed by atoms with Crippen molar-refractivity contribution in [2.75, 3.05) is 40.5 Å². The molecule has 0 bridgehead atoms. The average molecular weight is 778 g/mol. The van der Waals surface area contributed by atoms with Gasteiger partial charge in [0.25, 0.3) is 0 Å². The van der Waals surface area contributed by atoms with E-state index in [2.05, 4.69) is 90.9 Å². The Labute approximate surface area is 350 Å². The zero-order valence-corrected chi connectivity index (χ0v) is 38.8. The monoisotopic (exact) mass is 778 g/mol. The van der Waals surface area contributed by atoms with Crippen molar-refractivity contribution >= 4 is 0 Å². The van der Waals surface area contributed by atoms with Gasteiger partial charge in [-0.3, -0.25) is 0 Å². The van der Waals surface area contributed by atoms with Gasteiger partial charge in [0.1, 0.15) is 0 Å². The normalized spacial score (nSPS) is 30.2. The molecular weight excluding hydrogens is 683 g/mol. The van der Waals surface area contributed by atoms with E-state index in [0.717, 1.165) is 74.2 Å². The van der Waals surface area contributed by atoms with Crippen molar-refractivity contribution in [1.82, 2.24) is 4.90 Å². The first-order valence-electron chi connectivity index (χ1n) is 24.9. The summed E-state index contributed by atoms with van der Waals surface area (Å²) >= 11 is 0. The molecule has 0 aliphatic heterocycles. The number of hydrogen-bond donors (Lipinski definition) is 0. The van der Waals surface area contributed by atoms with Gasteiger partial charge in [-0.25, -0.2) is 0 Å². The minimum atomic E-state index is 0.178. The van der Waals surface area contributed by atoms with E-state index in [1.165, 1.54) is 154 Å². The molecule has 324 valence electrons. The van der Waals surface area contributed by atoms with E-state index in [4.69, 9.17) is 9.47 Å². The summed E-state index contributed by atoms with van der Waals surface area (Å²) in [4.78, 5) is 2.26. The summed E-state index contributed by atoms with van der Waals surface area (Å²) in [6, 6.07) is 0. The molecule has 3 heteroatoms. The van der Waals surface area contributed by atoms with Crippen molar-refractivity contribution in [3.63, 3.8) is 0 Å². The molecule has 0 aromatic carbocycles. The maximum Gasteiger partial charge on any atom is 0.0934 e. The van der Waals surface area contributed by atoms with Gasteiger partial charge in [-0.05, 0) is 169 Å². The second-order valence-electron chi connectivity index (χ2n) is 21.0. The fourth-order valence-electron chi connectivity index (χ4n) is 12.6. The summed E-state index contributed by atoms with van der Waals surface area (Å²) in [6.07, 6.45) is 46.2. The Morgan fingerprint density at radius 2 is 1.50 bits per heavy atom. The van der Waals surface area contributed by atoms with Gasteiger partial charge in [-0.2, -0.15) is 0 Å². The number of rotatable bonds is 29. The van der Waals surface area contributed by atoms with Gasteiger partial charge in [-0.15, -0.1) is 0 Å². The Morgan fingerprint density at radius 1 is 0.768 bits per heavy atom. The number of nitrogens with zero attached hydrogens (tertiary/aromatic N) is 1. The number of likely N-dealkylation sites (N-methyl/N-ethyl adjacent to an activating group) is 1. The van der Waals surface area contributed by atoms with Crippen molar-refractivity contribution in [3.8, 4) is 0 Å². The lowest BCUT2D eigenvalue weighted by atomic mass is 9.46. The van der Waals surface area contributed by atoms with Gasteiger partial charge in [0.2, 0.25) is 0 Å². The minimum Gasteiger partial charge on any atom is -0.379 e. The highest BCUT2D eigenvalue weighted by molar-refractivity contribution is 5.25. The van der Waals surface area contributed by atoms with Crippen LogP contribution in [0.4, 0.5) is 0 Å². The zero-order chi connectivity index (χ0) is 40.2. The SMILES string of the molecule is CCCCC/C=C\C/C=C\CCCCCCCCOCC(CN(C)C)OCCC[C@H]1CC[C@@]2(C)C(=CCC3C4CCC(C(C)CCCC(C)C)[C@@]4(C)CCC32)C1. The van der Waals surface area contributed by atoms with Crippen LogP contribution in [0.15, 0.2) is 36.0 Å². The van der Waals surface area contributed by atoms with E-state index < -0.39 is 0 Å². The molecule has 4 rings (SSSR count). The lowest BCUT2D eigenvalue weighted by molar-refractivity contribution is -0.0536. The first-order valence-corrected chi connectivity index (χ1v) is 24.9. The quantitative estimate of drug-likeness (QED) is 0.0558. The summed E-state index contributed by atoms with van der Waals surface area (Å²) in [5, 5.41) is 0. The maximum atomic E-state index is 6.49. The molecule has 4 aliphatic carbocycles. The van der Waals surface area contributed by atoms with Crippen molar-refractivity contribution < 1.29 is 9.47 Å². The number of allylic oxidation sites excluding steroid dienone is 6. The van der Waals surface area contributed by atoms with Gasteiger partial charge in [0.05, 0.1) is 12.7 Å². The molecule has 0 amide bonds. The Morgan fingerprint density at radius 3 is 2.23 bits per heavy atom. The first kappa shape index (κ1) is 47.8. The van der Waals surface area contributed by atoms with Crippen LogP contribution in [0.1, 0.15) is 202 Å². The van der Waals surface area contributed by atoms with Gasteiger partial charge in [0, 0.05) is 19.8 Å². The molecule has 0 saturated heterocycles. The van der Waals surface area contributed by atoms with Crippen molar-refractivity contribution in [2.24, 2.45) is 52.3 Å². The highest BCUT2D eigenvalue weighted by atomic mass is 16.5. The largest absolute Gasteiger partial charge is 0.379 e. The van der Waals surface area contributed by atoms with E-state index in [9.17, 15) is 0 Å². The van der Waals surface area contributed by atoms with Crippen LogP contribution < -0.4 is 0 Å². The van der Waals surface area contributed by atoms with Crippen LogP contribution in [0.3, 0.4) is 0 Å². The molecule has 0 heterocycles. The Balaban J connectivity index is 1.07. The third kappa shape index (κ3) is 15.0. The summed E-state index contributed by atoms with van der Waals surface area (Å²) in [5.41, 5.74) is 2.92. The van der Waals surface area contributed by atoms with Gasteiger partial charge in [-0.1, -0.05) is 135 Å². The van der Waals surface area contributed by atoms with E-state index >= 15 is 0 Å². The summed E-state index contributed by atoms with van der Waals surface area (Å²) < 4.78 is 12.7. The van der Waals surface area contributed by atoms with Crippen LogP contribution in [0, 0.1) is 52.3 Å². The summed E-state index contributed by atoms with van der Waals surface area (Å²) in [5.74, 6) is 6.40. The first-order chi connectivity index (χ1) is 27.1. The second kappa shape index (κ2) is 25.7. The molecule has 0 spiro atoms. The molecule has 6 unspecified atom stereocenters. The average Bonchev–Trinajstić information content (AvgIpc) is 3.53. The van der Waals surface area contributed by atoms with Crippen LogP contribution >= 0.6 is 0 Å². The van der Waals surface area contributed by atoms with E-state index in [1.54, 1.807) is 0 Å². The molecule has 9 atom stereocenters. The molecule has 3 nitrogen and oxygen atoms in total. The maximum absolute atomic E-state index is 6.49. The topological polar surface area (TPSA) is 21.7 Å². The fourth-order valence-corrected chi connectivity index (χ4v) is 12.6. The molecule has 4 aliphatic rings. The molecule has 3 saturated carbocycles. The summed E-state index contributed by atoms with van der Waals surface area (Å²) in [6.45, 7) is 18.6. The number of ether oxygens (including phenoxy) is 2. The molecule has 0 radical (unpaired) electrons. The van der Waals surface area contributed by atoms with Gasteiger partial charge in [0.15, 0.2) is 0 Å². The van der Waals surface area contributed by atoms with Crippen molar-refractivity contribution in [2.45, 2.75) is 208 Å². The number of unbranched alkanes of at least 4 members (excludes halogenated alkanes) is 9. The Bertz CT molecular complexity index is 1140. The standard InChI is InChI=1S/C53H95NO2/c1-9-10-11-12-13-14-15-16-17-18-19-20-21-22-23-24-38-55-42-47(41-54(7)8)56-39-26-29-45-34-36-52(5)46(40-45)30-31-48-50-33-32-49(44(4)28-25-27-43(2)3)53(50,6)37-35-51(48)52/h13-14,16-17,30,43-45,47-51H,9-12,15,18-29,31-42H2,1-8H3/b14-13-,17-16-/t44?,45-,47?,48?,49?,50?,51?,52-,53+/m0/s1. The highest BCUT2D eigenvalue weighted by Gasteiger charge is 2.59. The molecule has 0 aromatic heterocycles. The lowest BCUT2D eigenvalue weighted by Crippen LogP contribution is -2.50. The van der Waals surface area contributed by atoms with E-state index in [1.807, 2.05) is 5.57 Å². The van der Waals surface area contributed by atoms with Crippen LogP contribution in [-0.2, 0) is 9.47 Å². The molecule has 56 heavy (non-hydrogen) atoms. The zero-order valence-electron chi connectivity index (χ0n) is 38.8. The fraction of sp³-hybridized carbons (Fsp3) is 0.887. The smallest absolute Gasteiger partial charge is 0.0934 e. The number of fused-ring (bicyclic) bond motifs is 5. The van der Waals surface area contributed by atoms with Crippen LogP contribution in [0.25, 0.3) is 0 Å². The molecule has 0 aromatic rings. The van der Waals surface area contributed by atoms with Gasteiger partial charge < -0.3 is 14.4 Å². The van der Waals surface area contributed by atoms with Crippen LogP contribution in [0.5, 0.6) is 0 Å². The van der Waals surface area contributed by atoms with Crippen molar-refractivity contribution in [1.29, 1.82) is 0 Å². The van der Waals surface area contributed by atoms with Gasteiger partial charge >= 0.3 is 0 Å². The predicted octanol–water partition coefficient (Wildman–Crippen LogP) is 15.2. The third-order valence-corrected chi connectivity index (χ3v) is 15.9. The molecular formula is C53H95NO2. The predicted molar refractivity (Wildman–Crippen MR) is 244 cm³/mol. The lowest BCUT2D eigenvalue weighted by Gasteiger charge is -2.58. The third-order valence-electron chi connectivity index (χ3n) is 15.9. The summed E-state index contributed by atoms with van der Waals surface area (Å²) in [7, 11) is 4.32. The Kier molecular flexibility index (Phi) is 21.9. The van der Waals surface area contributed by atoms with Crippen LogP contribution in [0.2, 0.25) is 0 Å². The molecule has 3 fully saturated rings. The second-order valence-corrected chi connectivity index (χ2v) is 21.0.